The molecule has 0 saturated carbocycles. The molecule has 0 fully saturated rings. The number of hydrogen-bond acceptors (Lipinski definition) is 5. The molecule has 0 amide bonds. The summed E-state index contributed by atoms with van der Waals surface area (Å²) in [5, 5.41) is 0. The first-order chi connectivity index (χ1) is 8.93. The third-order valence-corrected chi connectivity index (χ3v) is 4.52. The molecular formula is C12H13IN2O3S. The molecule has 0 bridgehead atoms. The largest absolute Gasteiger partial charge is 0.494 e. The van der Waals surface area contributed by atoms with E-state index in [-0.39, 0.29) is 4.90 Å². The van der Waals surface area contributed by atoms with E-state index in [0.29, 0.717) is 12.4 Å². The molecule has 2 rings (SSSR count). The van der Waals surface area contributed by atoms with Crippen molar-refractivity contribution in [3.63, 3.8) is 0 Å². The quantitative estimate of drug-likeness (QED) is 0.740. The van der Waals surface area contributed by atoms with Crippen LogP contribution in [0.25, 0.3) is 0 Å². The lowest BCUT2D eigenvalue weighted by Gasteiger charge is -2.22. The van der Waals surface area contributed by atoms with Crippen LogP contribution in [0.5, 0.6) is 5.75 Å². The number of methoxy groups -OCH3 is 1. The Bertz CT molecular complexity index is 653. The van der Waals surface area contributed by atoms with E-state index in [1.807, 2.05) is 17.2 Å². The molecule has 0 aromatic heterocycles. The van der Waals surface area contributed by atoms with Crippen molar-refractivity contribution in [2.24, 2.45) is 4.99 Å². The summed E-state index contributed by atoms with van der Waals surface area (Å²) in [7, 11) is -1.88. The average molecular weight is 392 g/mol. The van der Waals surface area contributed by atoms with Gasteiger partial charge in [-0.1, -0.05) is 0 Å². The van der Waals surface area contributed by atoms with Crippen LogP contribution in [0.4, 0.5) is 5.69 Å². The van der Waals surface area contributed by atoms with Crippen LogP contribution in [-0.4, -0.2) is 34.7 Å². The van der Waals surface area contributed by atoms with Gasteiger partial charge in [0.2, 0.25) is 0 Å². The molecule has 5 nitrogen and oxygen atoms in total. The summed E-state index contributed by atoms with van der Waals surface area (Å²) in [4.78, 5) is 6.20. The maximum atomic E-state index is 11.9. The summed E-state index contributed by atoms with van der Waals surface area (Å²) in [6, 6.07) is 3.49. The minimum atomic E-state index is -3.35. The minimum Gasteiger partial charge on any atom is -0.494 e. The number of anilines is 1. The predicted octanol–water partition coefficient (Wildman–Crippen LogP) is 2.07. The predicted molar refractivity (Wildman–Crippen MR) is 83.8 cm³/mol. The highest BCUT2D eigenvalue weighted by Gasteiger charge is 2.20. The first-order valence-corrected chi connectivity index (χ1v) is 8.41. The third-order valence-electron chi connectivity index (χ3n) is 2.62. The lowest BCUT2D eigenvalue weighted by Crippen LogP contribution is -2.19. The first kappa shape index (κ1) is 14.3. The van der Waals surface area contributed by atoms with Crippen molar-refractivity contribution in [1.29, 1.82) is 0 Å². The highest BCUT2D eigenvalue weighted by molar-refractivity contribution is 14.1. The second-order valence-corrected chi connectivity index (χ2v) is 7.16. The van der Waals surface area contributed by atoms with Gasteiger partial charge in [0.15, 0.2) is 15.6 Å². The molecule has 0 aliphatic carbocycles. The number of allylic oxidation sites excluding steroid dienone is 1. The Morgan fingerprint density at radius 3 is 2.68 bits per heavy atom. The summed E-state index contributed by atoms with van der Waals surface area (Å²) in [5.74, 6) is 0.386. The van der Waals surface area contributed by atoms with Gasteiger partial charge in [0.25, 0.3) is 0 Å². The molecule has 1 aliphatic rings. The van der Waals surface area contributed by atoms with Gasteiger partial charge >= 0.3 is 0 Å². The van der Waals surface area contributed by atoms with Crippen molar-refractivity contribution < 1.29 is 13.2 Å². The van der Waals surface area contributed by atoms with Crippen LogP contribution in [0.3, 0.4) is 0 Å². The van der Waals surface area contributed by atoms with Gasteiger partial charge in [0.1, 0.15) is 11.6 Å². The Balaban J connectivity index is 2.57. The van der Waals surface area contributed by atoms with Crippen LogP contribution in [0.2, 0.25) is 0 Å². The van der Waals surface area contributed by atoms with Gasteiger partial charge < -0.3 is 9.64 Å². The van der Waals surface area contributed by atoms with E-state index < -0.39 is 9.84 Å². The lowest BCUT2D eigenvalue weighted by atomic mass is 10.2. The van der Waals surface area contributed by atoms with E-state index in [0.717, 1.165) is 9.26 Å². The van der Waals surface area contributed by atoms with Crippen molar-refractivity contribution >= 4 is 44.3 Å². The minimum absolute atomic E-state index is 0.194. The second-order valence-electron chi connectivity index (χ2n) is 4.02. The number of nitrogens with zero attached hydrogens (tertiary/aromatic N) is 2. The van der Waals surface area contributed by atoms with E-state index in [9.17, 15) is 8.42 Å². The van der Waals surface area contributed by atoms with E-state index >= 15 is 0 Å². The monoisotopic (exact) mass is 392 g/mol. The average Bonchev–Trinajstić information content (AvgIpc) is 2.37. The van der Waals surface area contributed by atoms with Gasteiger partial charge in [-0.15, -0.1) is 0 Å². The molecule has 102 valence electrons. The molecule has 0 saturated heterocycles. The normalized spacial score (nSPS) is 14.8. The SMILES string of the molecule is COc1c(I)cc(N2C=CC=NC2)cc1S(C)(=O)=O. The number of aliphatic imine (C=N–C) groups is 1. The van der Waals surface area contributed by atoms with Crippen LogP contribution >= 0.6 is 22.6 Å². The Kier molecular flexibility index (Phi) is 4.14. The lowest BCUT2D eigenvalue weighted by molar-refractivity contribution is 0.400. The molecule has 0 atom stereocenters. The van der Waals surface area contributed by atoms with Crippen molar-refractivity contribution in [2.45, 2.75) is 4.90 Å². The Morgan fingerprint density at radius 1 is 1.42 bits per heavy atom. The van der Waals surface area contributed by atoms with Gasteiger partial charge in [-0.3, -0.25) is 4.99 Å². The zero-order valence-corrected chi connectivity index (χ0v) is 13.5. The summed E-state index contributed by atoms with van der Waals surface area (Å²) in [6.45, 7) is 0.474. The van der Waals surface area contributed by atoms with Gasteiger partial charge in [-0.25, -0.2) is 8.42 Å². The van der Waals surface area contributed by atoms with Crippen molar-refractivity contribution in [2.75, 3.05) is 24.9 Å². The van der Waals surface area contributed by atoms with Gasteiger partial charge in [-0.05, 0) is 40.8 Å². The van der Waals surface area contributed by atoms with Crippen molar-refractivity contribution in [3.8, 4) is 5.75 Å². The van der Waals surface area contributed by atoms with Crippen LogP contribution in [-0.2, 0) is 9.84 Å². The Morgan fingerprint density at radius 2 is 2.16 bits per heavy atom. The molecule has 7 heteroatoms. The van der Waals surface area contributed by atoms with E-state index in [1.165, 1.54) is 13.4 Å². The topological polar surface area (TPSA) is 59.0 Å². The molecular weight excluding hydrogens is 379 g/mol. The molecule has 19 heavy (non-hydrogen) atoms. The summed E-state index contributed by atoms with van der Waals surface area (Å²) in [6.07, 6.45) is 6.55. The highest BCUT2D eigenvalue weighted by atomic mass is 127. The number of benzene rings is 1. The van der Waals surface area contributed by atoms with Crippen LogP contribution < -0.4 is 9.64 Å². The maximum absolute atomic E-state index is 11.9. The Hall–Kier alpha value is -1.09. The number of hydrogen-bond donors (Lipinski definition) is 0. The molecule has 0 N–H and O–H groups in total. The summed E-state index contributed by atoms with van der Waals surface area (Å²) >= 11 is 2.07. The Labute approximate surface area is 126 Å². The number of sulfone groups is 1. The maximum Gasteiger partial charge on any atom is 0.179 e. The molecule has 0 radical (unpaired) electrons. The van der Waals surface area contributed by atoms with Crippen molar-refractivity contribution in [1.82, 2.24) is 0 Å². The highest BCUT2D eigenvalue weighted by Crippen LogP contribution is 2.34. The number of halogens is 1. The van der Waals surface area contributed by atoms with Gasteiger partial charge in [-0.2, -0.15) is 0 Å². The van der Waals surface area contributed by atoms with E-state index in [4.69, 9.17) is 4.74 Å². The second kappa shape index (κ2) is 5.49. The van der Waals surface area contributed by atoms with Gasteiger partial charge in [0.05, 0.1) is 10.7 Å². The third kappa shape index (κ3) is 3.08. The van der Waals surface area contributed by atoms with Gasteiger partial charge in [0, 0.05) is 24.4 Å². The van der Waals surface area contributed by atoms with Crippen LogP contribution in [0, 0.1) is 3.57 Å². The summed E-state index contributed by atoms with van der Waals surface area (Å²) in [5.41, 5.74) is 0.777. The van der Waals surface area contributed by atoms with Crippen molar-refractivity contribution in [3.05, 3.63) is 28.0 Å². The molecule has 1 aromatic carbocycles. The summed E-state index contributed by atoms with van der Waals surface area (Å²) < 4.78 is 29.6. The molecule has 0 unspecified atom stereocenters. The van der Waals surface area contributed by atoms with E-state index in [2.05, 4.69) is 27.6 Å². The number of ether oxygens (including phenoxy) is 1. The number of rotatable bonds is 3. The fourth-order valence-corrected chi connectivity index (χ4v) is 3.62. The molecule has 1 aliphatic heterocycles. The standard InChI is InChI=1S/C12H13IN2O3S/c1-18-12-10(13)6-9(7-11(12)19(2,16)17)15-5-3-4-14-8-15/h3-7H,8H2,1-2H3. The van der Waals surface area contributed by atoms with E-state index in [1.54, 1.807) is 18.4 Å². The molecule has 0 spiro atoms. The van der Waals surface area contributed by atoms with Crippen LogP contribution in [0.1, 0.15) is 0 Å². The molecule has 1 heterocycles. The van der Waals surface area contributed by atoms with Crippen LogP contribution in [0.15, 0.2) is 34.3 Å². The fraction of sp³-hybridized carbons (Fsp3) is 0.250. The smallest absolute Gasteiger partial charge is 0.179 e. The molecule has 1 aromatic rings. The zero-order chi connectivity index (χ0) is 14.0. The first-order valence-electron chi connectivity index (χ1n) is 5.44. The zero-order valence-electron chi connectivity index (χ0n) is 10.5. The fourth-order valence-electron chi connectivity index (χ4n) is 1.75.